The van der Waals surface area contributed by atoms with Crippen LogP contribution in [0.2, 0.25) is 0 Å². The molecule has 0 spiro atoms. The van der Waals surface area contributed by atoms with Gasteiger partial charge in [0.1, 0.15) is 11.7 Å². The highest BCUT2D eigenvalue weighted by atomic mass is 16.2. The lowest BCUT2D eigenvalue weighted by Gasteiger charge is -2.17. The summed E-state index contributed by atoms with van der Waals surface area (Å²) >= 11 is 0. The molecule has 0 saturated carbocycles. The van der Waals surface area contributed by atoms with Gasteiger partial charge in [0.25, 0.3) is 5.91 Å². The minimum Gasteiger partial charge on any atom is -0.361 e. The van der Waals surface area contributed by atoms with Crippen LogP contribution in [0.15, 0.2) is 97.2 Å². The van der Waals surface area contributed by atoms with Crippen molar-refractivity contribution in [3.63, 3.8) is 0 Å². The second kappa shape index (κ2) is 9.69. The molecule has 0 saturated heterocycles. The maximum absolute atomic E-state index is 13.5. The highest BCUT2D eigenvalue weighted by Gasteiger charge is 2.25. The standard InChI is InChI=1S/C28H25N5O2/c1-29-27(34)25(16-20-18-30-23-15-9-8-14-22(20)23)31-28(35)26-17-24(19-10-4-2-5-11-19)32-33(26)21-12-6-3-7-13-21/h2-15,17-18,25,30H,16H2,1H3,(H,29,34)(H,31,35)/t25-/m1/s1. The first kappa shape index (κ1) is 22.2. The predicted molar refractivity (Wildman–Crippen MR) is 136 cm³/mol. The van der Waals surface area contributed by atoms with Crippen molar-refractivity contribution >= 4 is 22.7 Å². The first-order chi connectivity index (χ1) is 17.1. The number of hydrogen-bond acceptors (Lipinski definition) is 3. The van der Waals surface area contributed by atoms with E-state index in [4.69, 9.17) is 5.10 Å². The van der Waals surface area contributed by atoms with Crippen LogP contribution in [-0.4, -0.2) is 39.7 Å². The van der Waals surface area contributed by atoms with E-state index in [0.29, 0.717) is 17.8 Å². The summed E-state index contributed by atoms with van der Waals surface area (Å²) in [6.07, 6.45) is 2.23. The van der Waals surface area contributed by atoms with Crippen LogP contribution in [0.4, 0.5) is 0 Å². The van der Waals surface area contributed by atoms with Crippen LogP contribution < -0.4 is 10.6 Å². The van der Waals surface area contributed by atoms with Gasteiger partial charge >= 0.3 is 0 Å². The molecule has 7 nitrogen and oxygen atoms in total. The fraction of sp³-hybridized carbons (Fsp3) is 0.107. The Bertz CT molecular complexity index is 1470. The van der Waals surface area contributed by atoms with Crippen molar-refractivity contribution in [1.82, 2.24) is 25.4 Å². The van der Waals surface area contributed by atoms with Crippen LogP contribution >= 0.6 is 0 Å². The Morgan fingerprint density at radius 1 is 0.943 bits per heavy atom. The normalized spacial score (nSPS) is 11.8. The molecule has 3 aromatic carbocycles. The number of para-hydroxylation sites is 2. The SMILES string of the molecule is CNC(=O)[C@@H](Cc1c[nH]c2ccccc12)NC(=O)c1cc(-c2ccccc2)nn1-c1ccccc1. The molecule has 174 valence electrons. The minimum absolute atomic E-state index is 0.266. The van der Waals surface area contributed by atoms with Gasteiger partial charge in [-0.3, -0.25) is 9.59 Å². The fourth-order valence-corrected chi connectivity index (χ4v) is 4.19. The van der Waals surface area contributed by atoms with Crippen molar-refractivity contribution < 1.29 is 9.59 Å². The Balaban J connectivity index is 1.49. The summed E-state index contributed by atoms with van der Waals surface area (Å²) < 4.78 is 1.62. The number of likely N-dealkylation sites (N-methyl/N-ethyl adjacent to an activating group) is 1. The molecule has 1 atom stereocenters. The third-order valence-electron chi connectivity index (χ3n) is 5.98. The molecule has 2 heterocycles. The Kier molecular flexibility index (Phi) is 6.13. The Morgan fingerprint density at radius 3 is 2.37 bits per heavy atom. The average molecular weight is 464 g/mol. The van der Waals surface area contributed by atoms with Crippen molar-refractivity contribution in [1.29, 1.82) is 0 Å². The van der Waals surface area contributed by atoms with Gasteiger partial charge in [-0.2, -0.15) is 5.10 Å². The molecule has 7 heteroatoms. The monoisotopic (exact) mass is 463 g/mol. The smallest absolute Gasteiger partial charge is 0.270 e. The molecule has 3 N–H and O–H groups in total. The lowest BCUT2D eigenvalue weighted by atomic mass is 10.0. The summed E-state index contributed by atoms with van der Waals surface area (Å²) in [5.41, 5.74) is 4.62. The molecular formula is C28H25N5O2. The predicted octanol–water partition coefficient (Wildman–Crippen LogP) is 4.11. The maximum Gasteiger partial charge on any atom is 0.270 e. The molecule has 5 aromatic rings. The van der Waals surface area contributed by atoms with Gasteiger partial charge < -0.3 is 15.6 Å². The minimum atomic E-state index is -0.758. The van der Waals surface area contributed by atoms with Gasteiger partial charge in [0.05, 0.1) is 11.4 Å². The van der Waals surface area contributed by atoms with Gasteiger partial charge in [0, 0.05) is 36.1 Å². The molecule has 0 bridgehead atoms. The largest absolute Gasteiger partial charge is 0.361 e. The summed E-state index contributed by atoms with van der Waals surface area (Å²) in [5, 5.41) is 11.3. The zero-order chi connectivity index (χ0) is 24.2. The van der Waals surface area contributed by atoms with E-state index in [2.05, 4.69) is 15.6 Å². The fourth-order valence-electron chi connectivity index (χ4n) is 4.19. The number of carbonyl (C=O) groups excluding carboxylic acids is 2. The van der Waals surface area contributed by atoms with Gasteiger partial charge in [-0.15, -0.1) is 0 Å². The maximum atomic E-state index is 13.5. The Labute approximate surface area is 202 Å². The number of nitrogens with zero attached hydrogens (tertiary/aromatic N) is 2. The number of carbonyl (C=O) groups is 2. The van der Waals surface area contributed by atoms with Crippen LogP contribution in [0.1, 0.15) is 16.1 Å². The highest BCUT2D eigenvalue weighted by Crippen LogP contribution is 2.23. The van der Waals surface area contributed by atoms with Crippen LogP contribution in [0, 0.1) is 0 Å². The van der Waals surface area contributed by atoms with Gasteiger partial charge in [-0.25, -0.2) is 4.68 Å². The van der Waals surface area contributed by atoms with Crippen LogP contribution in [0.25, 0.3) is 27.8 Å². The van der Waals surface area contributed by atoms with Crippen molar-refractivity contribution in [2.75, 3.05) is 7.05 Å². The summed E-state index contributed by atoms with van der Waals surface area (Å²) in [4.78, 5) is 29.5. The van der Waals surface area contributed by atoms with Gasteiger partial charge in [-0.1, -0.05) is 66.7 Å². The van der Waals surface area contributed by atoms with Crippen LogP contribution in [0.3, 0.4) is 0 Å². The van der Waals surface area contributed by atoms with Crippen LogP contribution in [0.5, 0.6) is 0 Å². The summed E-state index contributed by atoms with van der Waals surface area (Å²) in [5.74, 6) is -0.644. The molecule has 0 unspecified atom stereocenters. The lowest BCUT2D eigenvalue weighted by Crippen LogP contribution is -2.47. The average Bonchev–Trinajstić information content (AvgIpc) is 3.54. The van der Waals surface area contributed by atoms with E-state index < -0.39 is 6.04 Å². The van der Waals surface area contributed by atoms with E-state index in [0.717, 1.165) is 27.7 Å². The molecule has 5 rings (SSSR count). The molecule has 0 fully saturated rings. The second-order valence-electron chi connectivity index (χ2n) is 8.23. The van der Waals surface area contributed by atoms with E-state index in [1.807, 2.05) is 91.1 Å². The van der Waals surface area contributed by atoms with Gasteiger partial charge in [0.2, 0.25) is 5.91 Å². The van der Waals surface area contributed by atoms with Gasteiger partial charge in [0.15, 0.2) is 0 Å². The highest BCUT2D eigenvalue weighted by molar-refractivity contribution is 5.98. The first-order valence-electron chi connectivity index (χ1n) is 11.4. The molecular weight excluding hydrogens is 438 g/mol. The second-order valence-corrected chi connectivity index (χ2v) is 8.23. The topological polar surface area (TPSA) is 91.8 Å². The zero-order valence-electron chi connectivity index (χ0n) is 19.2. The molecule has 35 heavy (non-hydrogen) atoms. The number of amides is 2. The van der Waals surface area contributed by atoms with E-state index in [1.54, 1.807) is 17.8 Å². The number of H-pyrrole nitrogens is 1. The molecule has 2 aromatic heterocycles. The zero-order valence-corrected chi connectivity index (χ0v) is 19.2. The van der Waals surface area contributed by atoms with E-state index in [-0.39, 0.29) is 11.8 Å². The summed E-state index contributed by atoms with van der Waals surface area (Å²) in [7, 11) is 1.57. The third kappa shape index (κ3) is 4.56. The van der Waals surface area contributed by atoms with E-state index in [9.17, 15) is 9.59 Å². The van der Waals surface area contributed by atoms with E-state index >= 15 is 0 Å². The van der Waals surface area contributed by atoms with Crippen LogP contribution in [-0.2, 0) is 11.2 Å². The Hall–Kier alpha value is -4.65. The van der Waals surface area contributed by atoms with Gasteiger partial charge in [-0.05, 0) is 29.8 Å². The van der Waals surface area contributed by atoms with Crippen molar-refractivity contribution in [3.8, 4) is 16.9 Å². The number of rotatable bonds is 7. The lowest BCUT2D eigenvalue weighted by molar-refractivity contribution is -0.122. The summed E-state index contributed by atoms with van der Waals surface area (Å²) in [6.45, 7) is 0. The first-order valence-corrected chi connectivity index (χ1v) is 11.4. The molecule has 0 radical (unpaired) electrons. The number of benzene rings is 3. The van der Waals surface area contributed by atoms with Crippen molar-refractivity contribution in [2.24, 2.45) is 0 Å². The number of hydrogen-bond donors (Lipinski definition) is 3. The molecule has 0 aliphatic carbocycles. The molecule has 2 amide bonds. The summed E-state index contributed by atoms with van der Waals surface area (Å²) in [6, 6.07) is 28.1. The number of nitrogens with one attached hydrogen (secondary N) is 3. The number of aromatic nitrogens is 3. The number of fused-ring (bicyclic) bond motifs is 1. The molecule has 0 aliphatic rings. The number of aromatic amines is 1. The van der Waals surface area contributed by atoms with Crippen molar-refractivity contribution in [2.45, 2.75) is 12.5 Å². The van der Waals surface area contributed by atoms with Crippen molar-refractivity contribution in [3.05, 3.63) is 108 Å². The quantitative estimate of drug-likeness (QED) is 0.339. The Morgan fingerprint density at radius 2 is 1.63 bits per heavy atom. The van der Waals surface area contributed by atoms with E-state index in [1.165, 1.54) is 0 Å². The third-order valence-corrected chi connectivity index (χ3v) is 5.98. The molecule has 0 aliphatic heterocycles.